The zero-order chi connectivity index (χ0) is 13.0. The Balaban J connectivity index is 2.21. The number of halogens is 1. The van der Waals surface area contributed by atoms with Gasteiger partial charge in [0.15, 0.2) is 0 Å². The second-order valence-corrected chi connectivity index (χ2v) is 6.20. The van der Waals surface area contributed by atoms with E-state index in [1.807, 2.05) is 23.9 Å². The summed E-state index contributed by atoms with van der Waals surface area (Å²) in [5, 5.41) is 4.24. The minimum absolute atomic E-state index is 0.647. The van der Waals surface area contributed by atoms with Gasteiger partial charge in [-0.15, -0.1) is 0 Å². The van der Waals surface area contributed by atoms with E-state index < -0.39 is 0 Å². The molecule has 1 aromatic rings. The van der Waals surface area contributed by atoms with Gasteiger partial charge < -0.3 is 10.2 Å². The van der Waals surface area contributed by atoms with Gasteiger partial charge in [-0.05, 0) is 30.9 Å². The summed E-state index contributed by atoms with van der Waals surface area (Å²) in [6.45, 7) is 3.93. The lowest BCUT2D eigenvalue weighted by molar-refractivity contribution is 0.684. The van der Waals surface area contributed by atoms with Crippen molar-refractivity contribution in [3.8, 4) is 0 Å². The molecule has 1 aromatic carbocycles. The lowest BCUT2D eigenvalue weighted by atomic mass is 10.1. The topological polar surface area (TPSA) is 15.3 Å². The lowest BCUT2D eigenvalue weighted by Crippen LogP contribution is -2.32. The fourth-order valence-electron chi connectivity index (χ4n) is 2.33. The van der Waals surface area contributed by atoms with Crippen molar-refractivity contribution in [2.45, 2.75) is 25.9 Å². The average Bonchev–Trinajstić information content (AvgIpc) is 2.90. The van der Waals surface area contributed by atoms with Crippen molar-refractivity contribution in [2.75, 3.05) is 30.0 Å². The lowest BCUT2D eigenvalue weighted by Gasteiger charge is -2.28. The van der Waals surface area contributed by atoms with E-state index in [1.54, 1.807) is 0 Å². The van der Waals surface area contributed by atoms with Crippen LogP contribution in [-0.4, -0.2) is 31.1 Å². The zero-order valence-corrected chi connectivity index (χ0v) is 12.7. The maximum atomic E-state index is 6.34. The monoisotopic (exact) mass is 284 g/mol. The molecule has 0 spiro atoms. The summed E-state index contributed by atoms with van der Waals surface area (Å²) in [5.74, 6) is 2.50. The normalized spacial score (nSPS) is 19.2. The van der Waals surface area contributed by atoms with Crippen molar-refractivity contribution in [3.05, 3.63) is 28.8 Å². The van der Waals surface area contributed by atoms with Crippen LogP contribution in [0.3, 0.4) is 0 Å². The summed E-state index contributed by atoms with van der Waals surface area (Å²) < 4.78 is 0. The van der Waals surface area contributed by atoms with Crippen LogP contribution in [-0.2, 0) is 6.54 Å². The number of nitrogens with one attached hydrogen (secondary N) is 1. The summed E-state index contributed by atoms with van der Waals surface area (Å²) in [5.41, 5.74) is 2.50. The molecule has 1 aliphatic rings. The van der Waals surface area contributed by atoms with Crippen molar-refractivity contribution >= 4 is 29.1 Å². The maximum absolute atomic E-state index is 6.34. The van der Waals surface area contributed by atoms with Crippen molar-refractivity contribution in [1.82, 2.24) is 5.32 Å². The number of nitrogens with zero attached hydrogens (tertiary/aromatic N) is 1. The van der Waals surface area contributed by atoms with Gasteiger partial charge in [0, 0.05) is 41.7 Å². The molecule has 4 heteroatoms. The maximum Gasteiger partial charge on any atom is 0.0471 e. The zero-order valence-electron chi connectivity index (χ0n) is 11.1. The molecule has 2 rings (SSSR count). The number of thioether (sulfide) groups is 1. The van der Waals surface area contributed by atoms with E-state index in [-0.39, 0.29) is 0 Å². The van der Waals surface area contributed by atoms with Gasteiger partial charge in [0.25, 0.3) is 0 Å². The van der Waals surface area contributed by atoms with Gasteiger partial charge in [0.1, 0.15) is 0 Å². The van der Waals surface area contributed by atoms with Gasteiger partial charge >= 0.3 is 0 Å². The summed E-state index contributed by atoms with van der Waals surface area (Å²) in [7, 11) is 2.19. The van der Waals surface area contributed by atoms with E-state index in [2.05, 4.69) is 30.3 Å². The first-order valence-corrected chi connectivity index (χ1v) is 8.06. The molecule has 0 bridgehead atoms. The van der Waals surface area contributed by atoms with Gasteiger partial charge in [-0.25, -0.2) is 0 Å². The molecule has 0 saturated carbocycles. The highest BCUT2D eigenvalue weighted by atomic mass is 35.5. The Labute approximate surface area is 119 Å². The Morgan fingerprint density at radius 1 is 1.50 bits per heavy atom. The second-order valence-electron chi connectivity index (χ2n) is 4.65. The molecule has 1 unspecified atom stereocenters. The minimum Gasteiger partial charge on any atom is -0.370 e. The van der Waals surface area contributed by atoms with Gasteiger partial charge in [0.2, 0.25) is 0 Å². The van der Waals surface area contributed by atoms with Crippen molar-refractivity contribution in [3.63, 3.8) is 0 Å². The molecule has 1 fully saturated rings. The summed E-state index contributed by atoms with van der Waals surface area (Å²) in [6.07, 6.45) is 1.27. The predicted octanol–water partition coefficient (Wildman–Crippen LogP) is 3.39. The third-order valence-corrected chi connectivity index (χ3v) is 4.98. The van der Waals surface area contributed by atoms with Gasteiger partial charge in [-0.1, -0.05) is 24.6 Å². The number of rotatable bonds is 5. The fourth-order valence-corrected chi connectivity index (χ4v) is 3.83. The van der Waals surface area contributed by atoms with Crippen LogP contribution in [0.1, 0.15) is 18.9 Å². The van der Waals surface area contributed by atoms with Gasteiger partial charge in [-0.2, -0.15) is 11.8 Å². The molecule has 0 aromatic heterocycles. The molecular formula is C14H21ClN2S. The van der Waals surface area contributed by atoms with E-state index in [0.29, 0.717) is 6.04 Å². The number of benzene rings is 1. The van der Waals surface area contributed by atoms with Crippen LogP contribution in [0.5, 0.6) is 0 Å². The molecule has 1 aliphatic heterocycles. The quantitative estimate of drug-likeness (QED) is 0.892. The first kappa shape index (κ1) is 14.0. The molecule has 2 nitrogen and oxygen atoms in total. The SMILES string of the molecule is CCNCc1c(Cl)cccc1N(C)C1CCSC1. The molecule has 18 heavy (non-hydrogen) atoms. The van der Waals surface area contributed by atoms with E-state index in [1.165, 1.54) is 29.2 Å². The Hall–Kier alpha value is -0.380. The van der Waals surface area contributed by atoms with E-state index in [9.17, 15) is 0 Å². The first-order valence-electron chi connectivity index (χ1n) is 6.52. The predicted molar refractivity (Wildman–Crippen MR) is 83.0 cm³/mol. The summed E-state index contributed by atoms with van der Waals surface area (Å²) >= 11 is 8.39. The number of hydrogen-bond donors (Lipinski definition) is 1. The molecule has 1 saturated heterocycles. The highest BCUT2D eigenvalue weighted by molar-refractivity contribution is 7.99. The van der Waals surface area contributed by atoms with Crippen LogP contribution in [0.25, 0.3) is 0 Å². The molecule has 100 valence electrons. The Bertz CT molecular complexity index is 391. The molecule has 1 atom stereocenters. The van der Waals surface area contributed by atoms with Crippen LogP contribution in [0.15, 0.2) is 18.2 Å². The molecule has 0 amide bonds. The van der Waals surface area contributed by atoms with Crippen molar-refractivity contribution in [2.24, 2.45) is 0 Å². The minimum atomic E-state index is 0.647. The highest BCUT2D eigenvalue weighted by Crippen LogP contribution is 2.31. The summed E-state index contributed by atoms with van der Waals surface area (Å²) in [6, 6.07) is 6.86. The Morgan fingerprint density at radius 2 is 2.33 bits per heavy atom. The fraction of sp³-hybridized carbons (Fsp3) is 0.571. The van der Waals surface area contributed by atoms with E-state index in [0.717, 1.165) is 18.1 Å². The standard InChI is InChI=1S/C14H21ClN2S/c1-3-16-9-12-13(15)5-4-6-14(12)17(2)11-7-8-18-10-11/h4-6,11,16H,3,7-10H2,1-2H3. The molecule has 0 aliphatic carbocycles. The molecule has 1 N–H and O–H groups in total. The average molecular weight is 285 g/mol. The third kappa shape index (κ3) is 3.14. The number of hydrogen-bond acceptors (Lipinski definition) is 3. The Kier molecular flexibility index (Phi) is 5.22. The smallest absolute Gasteiger partial charge is 0.0471 e. The largest absolute Gasteiger partial charge is 0.370 e. The molecular weight excluding hydrogens is 264 g/mol. The van der Waals surface area contributed by atoms with Crippen LogP contribution in [0, 0.1) is 0 Å². The summed E-state index contributed by atoms with van der Waals surface area (Å²) in [4.78, 5) is 2.40. The van der Waals surface area contributed by atoms with E-state index >= 15 is 0 Å². The molecule has 1 heterocycles. The third-order valence-electron chi connectivity index (χ3n) is 3.48. The van der Waals surface area contributed by atoms with Crippen LogP contribution >= 0.6 is 23.4 Å². The number of anilines is 1. The Morgan fingerprint density at radius 3 is 3.00 bits per heavy atom. The highest BCUT2D eigenvalue weighted by Gasteiger charge is 2.22. The van der Waals surface area contributed by atoms with Crippen molar-refractivity contribution in [1.29, 1.82) is 0 Å². The van der Waals surface area contributed by atoms with Crippen LogP contribution in [0.4, 0.5) is 5.69 Å². The second kappa shape index (κ2) is 6.69. The van der Waals surface area contributed by atoms with E-state index in [4.69, 9.17) is 11.6 Å². The van der Waals surface area contributed by atoms with Crippen LogP contribution in [0.2, 0.25) is 5.02 Å². The molecule has 0 radical (unpaired) electrons. The first-order chi connectivity index (χ1) is 8.74. The van der Waals surface area contributed by atoms with Crippen LogP contribution < -0.4 is 10.2 Å². The van der Waals surface area contributed by atoms with Crippen molar-refractivity contribution < 1.29 is 0 Å². The van der Waals surface area contributed by atoms with Gasteiger partial charge in [0.05, 0.1) is 0 Å². The van der Waals surface area contributed by atoms with Gasteiger partial charge in [-0.3, -0.25) is 0 Å².